The van der Waals surface area contributed by atoms with Crippen molar-refractivity contribution >= 4 is 17.5 Å². The third-order valence-corrected chi connectivity index (χ3v) is 2.76. The van der Waals surface area contributed by atoms with Crippen LogP contribution >= 0.6 is 0 Å². The van der Waals surface area contributed by atoms with Gasteiger partial charge in [0.2, 0.25) is 11.8 Å². The second-order valence-corrected chi connectivity index (χ2v) is 3.92. The van der Waals surface area contributed by atoms with Crippen LogP contribution in [0.25, 0.3) is 0 Å². The molecule has 1 aromatic rings. The van der Waals surface area contributed by atoms with Crippen molar-refractivity contribution < 1.29 is 19.1 Å². The number of halogens is 1. The lowest BCUT2D eigenvalue weighted by molar-refractivity contribution is -0.123. The molecule has 0 bridgehead atoms. The standard InChI is InChI=1S/C11H11FN2O3/c12-7-2-1-3-8(15)10(7)14-5-6(11(13)17)4-9(14)16/h1-3,6,15H,4-5H2,(H2,13,17). The van der Waals surface area contributed by atoms with Gasteiger partial charge in [-0.15, -0.1) is 0 Å². The lowest BCUT2D eigenvalue weighted by atomic mass is 10.1. The zero-order valence-electron chi connectivity index (χ0n) is 8.89. The molecule has 1 aliphatic rings. The molecule has 90 valence electrons. The Balaban J connectivity index is 2.35. The number of nitrogens with zero attached hydrogens (tertiary/aromatic N) is 1. The molecule has 0 spiro atoms. The molecular formula is C11H11FN2O3. The predicted octanol–water partition coefficient (Wildman–Crippen LogP) is 0.369. The van der Waals surface area contributed by atoms with Crippen molar-refractivity contribution in [3.63, 3.8) is 0 Å². The van der Waals surface area contributed by atoms with Crippen LogP contribution in [0.5, 0.6) is 5.75 Å². The summed E-state index contributed by atoms with van der Waals surface area (Å²) in [6, 6.07) is 3.75. The zero-order chi connectivity index (χ0) is 12.6. The number of aromatic hydroxyl groups is 1. The Kier molecular flexibility index (Phi) is 2.71. The number of nitrogens with two attached hydrogens (primary N) is 1. The average molecular weight is 238 g/mol. The number of carbonyl (C=O) groups excluding carboxylic acids is 2. The van der Waals surface area contributed by atoms with Crippen LogP contribution in [0.3, 0.4) is 0 Å². The molecule has 17 heavy (non-hydrogen) atoms. The van der Waals surface area contributed by atoms with Crippen LogP contribution in [0.1, 0.15) is 6.42 Å². The van der Waals surface area contributed by atoms with E-state index in [1.165, 1.54) is 12.1 Å². The van der Waals surface area contributed by atoms with Gasteiger partial charge in [0.1, 0.15) is 11.4 Å². The van der Waals surface area contributed by atoms with Crippen LogP contribution in [0.15, 0.2) is 18.2 Å². The lowest BCUT2D eigenvalue weighted by Gasteiger charge is -2.18. The Morgan fingerprint density at radius 3 is 2.76 bits per heavy atom. The summed E-state index contributed by atoms with van der Waals surface area (Å²) in [5, 5.41) is 9.54. The first-order valence-electron chi connectivity index (χ1n) is 5.08. The summed E-state index contributed by atoms with van der Waals surface area (Å²) < 4.78 is 13.5. The lowest BCUT2D eigenvalue weighted by Crippen LogP contribution is -2.29. The van der Waals surface area contributed by atoms with Crippen LogP contribution in [0.2, 0.25) is 0 Å². The van der Waals surface area contributed by atoms with E-state index >= 15 is 0 Å². The molecule has 2 amide bonds. The summed E-state index contributed by atoms with van der Waals surface area (Å²) in [5.41, 5.74) is 4.91. The molecule has 0 aliphatic carbocycles. The van der Waals surface area contributed by atoms with E-state index in [2.05, 4.69) is 0 Å². The molecule has 3 N–H and O–H groups in total. The Bertz CT molecular complexity index is 469. The number of phenols is 1. The van der Waals surface area contributed by atoms with Crippen molar-refractivity contribution in [1.29, 1.82) is 0 Å². The van der Waals surface area contributed by atoms with Gasteiger partial charge in [-0.25, -0.2) is 4.39 Å². The van der Waals surface area contributed by atoms with E-state index in [0.29, 0.717) is 0 Å². The highest BCUT2D eigenvalue weighted by Gasteiger charge is 2.36. The fraction of sp³-hybridized carbons (Fsp3) is 0.273. The number of rotatable bonds is 2. The number of hydrogen-bond acceptors (Lipinski definition) is 3. The van der Waals surface area contributed by atoms with E-state index in [1.807, 2.05) is 0 Å². The van der Waals surface area contributed by atoms with Crippen molar-refractivity contribution in [1.82, 2.24) is 0 Å². The summed E-state index contributed by atoms with van der Waals surface area (Å²) in [6.07, 6.45) is -0.0525. The SMILES string of the molecule is NC(=O)C1CC(=O)N(c2c(O)cccc2F)C1. The van der Waals surface area contributed by atoms with Crippen LogP contribution in [0.4, 0.5) is 10.1 Å². The van der Waals surface area contributed by atoms with E-state index in [-0.39, 0.29) is 24.4 Å². The number of anilines is 1. The van der Waals surface area contributed by atoms with Gasteiger partial charge in [-0.2, -0.15) is 0 Å². The largest absolute Gasteiger partial charge is 0.506 e. The Morgan fingerprint density at radius 1 is 1.53 bits per heavy atom. The van der Waals surface area contributed by atoms with Gasteiger partial charge in [-0.3, -0.25) is 9.59 Å². The first kappa shape index (κ1) is 11.4. The quantitative estimate of drug-likeness (QED) is 0.780. The highest BCUT2D eigenvalue weighted by atomic mass is 19.1. The van der Waals surface area contributed by atoms with Crippen LogP contribution in [0, 0.1) is 11.7 Å². The topological polar surface area (TPSA) is 83.6 Å². The molecule has 1 heterocycles. The number of benzene rings is 1. The van der Waals surface area contributed by atoms with E-state index in [0.717, 1.165) is 11.0 Å². The Labute approximate surface area is 96.6 Å². The van der Waals surface area contributed by atoms with Crippen molar-refractivity contribution in [2.75, 3.05) is 11.4 Å². The summed E-state index contributed by atoms with van der Waals surface area (Å²) in [6.45, 7) is 0.00264. The second kappa shape index (κ2) is 4.04. The fourth-order valence-electron chi connectivity index (χ4n) is 1.89. The minimum Gasteiger partial charge on any atom is -0.506 e. The van der Waals surface area contributed by atoms with Crippen LogP contribution < -0.4 is 10.6 Å². The van der Waals surface area contributed by atoms with Gasteiger partial charge in [0.15, 0.2) is 5.82 Å². The molecule has 0 aromatic heterocycles. The first-order chi connectivity index (χ1) is 8.00. The summed E-state index contributed by atoms with van der Waals surface area (Å²) in [7, 11) is 0. The summed E-state index contributed by atoms with van der Waals surface area (Å²) in [4.78, 5) is 23.7. The normalized spacial score (nSPS) is 19.7. The minimum absolute atomic E-state index is 0.00264. The minimum atomic E-state index is -0.705. The van der Waals surface area contributed by atoms with Crippen LogP contribution in [-0.2, 0) is 9.59 Å². The van der Waals surface area contributed by atoms with Crippen molar-refractivity contribution in [2.45, 2.75) is 6.42 Å². The molecular weight excluding hydrogens is 227 g/mol. The third-order valence-electron chi connectivity index (χ3n) is 2.76. The molecule has 0 radical (unpaired) electrons. The van der Waals surface area contributed by atoms with E-state index in [4.69, 9.17) is 5.73 Å². The molecule has 1 atom stereocenters. The van der Waals surface area contributed by atoms with Crippen molar-refractivity contribution in [3.8, 4) is 5.75 Å². The molecule has 0 saturated carbocycles. The van der Waals surface area contributed by atoms with Gasteiger partial charge in [-0.1, -0.05) is 6.07 Å². The monoisotopic (exact) mass is 238 g/mol. The maximum absolute atomic E-state index is 13.5. The molecule has 1 saturated heterocycles. The molecule has 1 aliphatic heterocycles. The van der Waals surface area contributed by atoms with E-state index in [9.17, 15) is 19.1 Å². The molecule has 6 heteroatoms. The van der Waals surface area contributed by atoms with Gasteiger partial charge in [0.05, 0.1) is 5.92 Å². The van der Waals surface area contributed by atoms with Gasteiger partial charge >= 0.3 is 0 Å². The molecule has 1 unspecified atom stereocenters. The molecule has 5 nitrogen and oxygen atoms in total. The molecule has 2 rings (SSSR count). The highest BCUT2D eigenvalue weighted by molar-refractivity contribution is 6.01. The molecule has 1 aromatic carbocycles. The van der Waals surface area contributed by atoms with E-state index < -0.39 is 23.5 Å². The predicted molar refractivity (Wildman–Crippen MR) is 57.7 cm³/mol. The summed E-state index contributed by atoms with van der Waals surface area (Å²) in [5.74, 6) is -2.70. The number of amides is 2. The maximum Gasteiger partial charge on any atom is 0.228 e. The fourth-order valence-corrected chi connectivity index (χ4v) is 1.89. The van der Waals surface area contributed by atoms with Crippen molar-refractivity contribution in [2.24, 2.45) is 11.7 Å². The Hall–Kier alpha value is -2.11. The van der Waals surface area contributed by atoms with Gasteiger partial charge in [-0.05, 0) is 12.1 Å². The smallest absolute Gasteiger partial charge is 0.228 e. The van der Waals surface area contributed by atoms with Crippen LogP contribution in [-0.4, -0.2) is 23.5 Å². The average Bonchev–Trinajstić information content (AvgIpc) is 2.61. The Morgan fingerprint density at radius 2 is 2.24 bits per heavy atom. The van der Waals surface area contributed by atoms with Gasteiger partial charge in [0, 0.05) is 13.0 Å². The number of para-hydroxylation sites is 1. The number of carbonyl (C=O) groups is 2. The van der Waals surface area contributed by atoms with Gasteiger partial charge in [0.25, 0.3) is 0 Å². The van der Waals surface area contributed by atoms with E-state index in [1.54, 1.807) is 0 Å². The van der Waals surface area contributed by atoms with Crippen molar-refractivity contribution in [3.05, 3.63) is 24.0 Å². The second-order valence-electron chi connectivity index (χ2n) is 3.92. The number of primary amides is 1. The first-order valence-corrected chi connectivity index (χ1v) is 5.08. The highest BCUT2D eigenvalue weighted by Crippen LogP contribution is 2.34. The number of phenolic OH excluding ortho intramolecular Hbond substituents is 1. The molecule has 1 fully saturated rings. The maximum atomic E-state index is 13.5. The number of hydrogen-bond donors (Lipinski definition) is 2. The summed E-state index contributed by atoms with van der Waals surface area (Å²) >= 11 is 0. The third kappa shape index (κ3) is 1.93. The zero-order valence-corrected chi connectivity index (χ0v) is 8.89. The van der Waals surface area contributed by atoms with Gasteiger partial charge < -0.3 is 15.7 Å².